The maximum Gasteiger partial charge on any atom is 0.252 e. The summed E-state index contributed by atoms with van der Waals surface area (Å²) < 4.78 is 43.6. The Kier molecular flexibility index (Phi) is 7.04. The Labute approximate surface area is 249 Å². The van der Waals surface area contributed by atoms with Crippen molar-refractivity contribution in [1.29, 1.82) is 0 Å². The predicted octanol–water partition coefficient (Wildman–Crippen LogP) is 5.79. The van der Waals surface area contributed by atoms with Crippen molar-refractivity contribution in [3.8, 4) is 5.88 Å². The molecule has 2 unspecified atom stereocenters. The monoisotopic (exact) mass is 586 g/mol. The standard InChI is InChI=1S/C33H36F2N6O2/c1-20-3-6-28-29(13-20)41(18-23-7-12-42-23)30(38-28)24-16-33(24)8-10-40(11-9-33)31-25(34)15-26(35)32(39-31)43-19-21-4-5-27(36)22(14-21)17-37-2/h3-6,13-15,17,23-24H,7-12,16,18-19,36H2,1-2H3. The summed E-state index contributed by atoms with van der Waals surface area (Å²) >= 11 is 0. The van der Waals surface area contributed by atoms with Gasteiger partial charge in [-0.3, -0.25) is 4.99 Å². The molecular formula is C33H36F2N6O2. The van der Waals surface area contributed by atoms with Crippen LogP contribution in [0.1, 0.15) is 54.1 Å². The number of pyridine rings is 1. The van der Waals surface area contributed by atoms with Gasteiger partial charge in [0, 0.05) is 56.2 Å². The lowest BCUT2D eigenvalue weighted by atomic mass is 9.90. The summed E-state index contributed by atoms with van der Waals surface area (Å²) in [6, 6.07) is 12.7. The fourth-order valence-corrected chi connectivity index (χ4v) is 6.65. The number of anilines is 2. The van der Waals surface area contributed by atoms with Crippen molar-refractivity contribution in [2.75, 3.05) is 37.4 Å². The Morgan fingerprint density at radius 3 is 2.67 bits per heavy atom. The summed E-state index contributed by atoms with van der Waals surface area (Å²) in [5.74, 6) is -0.0977. The fourth-order valence-electron chi connectivity index (χ4n) is 6.65. The molecule has 224 valence electrons. The number of benzene rings is 2. The second-order valence-corrected chi connectivity index (χ2v) is 12.2. The fraction of sp³-hybridized carbons (Fsp3) is 0.424. The normalized spacial score (nSPS) is 21.1. The van der Waals surface area contributed by atoms with Crippen molar-refractivity contribution < 1.29 is 18.3 Å². The van der Waals surface area contributed by atoms with E-state index in [2.05, 4.69) is 39.7 Å². The molecule has 4 aromatic rings. The maximum absolute atomic E-state index is 15.0. The summed E-state index contributed by atoms with van der Waals surface area (Å²) in [6.45, 7) is 5.09. The molecular weight excluding hydrogens is 550 g/mol. The van der Waals surface area contributed by atoms with Crippen molar-refractivity contribution in [1.82, 2.24) is 14.5 Å². The molecule has 3 aliphatic rings. The summed E-state index contributed by atoms with van der Waals surface area (Å²) in [5, 5.41) is 0. The van der Waals surface area contributed by atoms with E-state index < -0.39 is 11.6 Å². The van der Waals surface area contributed by atoms with E-state index in [-0.39, 0.29) is 29.8 Å². The van der Waals surface area contributed by atoms with Gasteiger partial charge in [0.15, 0.2) is 17.5 Å². The number of hydrogen-bond acceptors (Lipinski definition) is 7. The van der Waals surface area contributed by atoms with Gasteiger partial charge in [0.1, 0.15) is 12.4 Å². The number of piperidine rings is 1. The second-order valence-electron chi connectivity index (χ2n) is 12.2. The first-order chi connectivity index (χ1) is 20.8. The lowest BCUT2D eigenvalue weighted by molar-refractivity contribution is -0.0590. The highest BCUT2D eigenvalue weighted by atomic mass is 19.1. The maximum atomic E-state index is 15.0. The topological polar surface area (TPSA) is 90.8 Å². The second kappa shape index (κ2) is 10.9. The zero-order valence-electron chi connectivity index (χ0n) is 24.5. The van der Waals surface area contributed by atoms with Gasteiger partial charge in [-0.25, -0.2) is 13.8 Å². The van der Waals surface area contributed by atoms with Gasteiger partial charge in [0.05, 0.1) is 23.7 Å². The Bertz CT molecular complexity index is 1710. The molecule has 0 radical (unpaired) electrons. The van der Waals surface area contributed by atoms with E-state index in [0.29, 0.717) is 24.7 Å². The number of nitrogens with two attached hydrogens (primary N) is 1. The molecule has 2 atom stereocenters. The van der Waals surface area contributed by atoms with Crippen LogP contribution in [0.5, 0.6) is 5.88 Å². The van der Waals surface area contributed by atoms with Crippen LogP contribution in [0.15, 0.2) is 47.5 Å². The van der Waals surface area contributed by atoms with Crippen LogP contribution in [-0.2, 0) is 17.9 Å². The molecule has 0 bridgehead atoms. The number of aliphatic imine (C=N–C) groups is 1. The summed E-state index contributed by atoms with van der Waals surface area (Å²) in [6.07, 6.45) is 5.81. The summed E-state index contributed by atoms with van der Waals surface area (Å²) in [7, 11) is 1.66. The van der Waals surface area contributed by atoms with E-state index in [1.54, 1.807) is 25.4 Å². The van der Waals surface area contributed by atoms with Crippen LogP contribution in [0.2, 0.25) is 0 Å². The summed E-state index contributed by atoms with van der Waals surface area (Å²) in [4.78, 5) is 15.3. The van der Waals surface area contributed by atoms with E-state index in [0.717, 1.165) is 67.4 Å². The van der Waals surface area contributed by atoms with Crippen LogP contribution in [0, 0.1) is 24.0 Å². The van der Waals surface area contributed by atoms with Crippen LogP contribution in [-0.4, -0.2) is 53.6 Å². The number of nitrogen functional groups attached to an aromatic ring is 1. The molecule has 3 fully saturated rings. The SMILES string of the molecule is CN=Cc1cc(COc2nc(N3CCC4(CC3)CC4c3nc4ccc(C)cc4n3CC3CCO3)c(F)cc2F)ccc1N. The smallest absolute Gasteiger partial charge is 0.252 e. The molecule has 7 rings (SSSR count). The van der Waals surface area contributed by atoms with Crippen LogP contribution in [0.4, 0.5) is 20.3 Å². The highest BCUT2D eigenvalue weighted by Crippen LogP contribution is 2.65. The van der Waals surface area contributed by atoms with Gasteiger partial charge in [0.25, 0.3) is 5.88 Å². The van der Waals surface area contributed by atoms with Gasteiger partial charge in [-0.15, -0.1) is 0 Å². The molecule has 2 saturated heterocycles. The van der Waals surface area contributed by atoms with Crippen LogP contribution >= 0.6 is 0 Å². The summed E-state index contributed by atoms with van der Waals surface area (Å²) in [5.41, 5.74) is 11.7. The molecule has 1 spiro atoms. The van der Waals surface area contributed by atoms with Crippen LogP contribution in [0.25, 0.3) is 11.0 Å². The highest BCUT2D eigenvalue weighted by Gasteiger charge is 2.57. The Balaban J connectivity index is 1.06. The van der Waals surface area contributed by atoms with Gasteiger partial charge >= 0.3 is 0 Å². The number of imidazole rings is 1. The minimum Gasteiger partial charge on any atom is -0.471 e. The minimum atomic E-state index is -0.827. The van der Waals surface area contributed by atoms with Crippen molar-refractivity contribution in [3.05, 3.63) is 76.6 Å². The Morgan fingerprint density at radius 2 is 1.93 bits per heavy atom. The molecule has 43 heavy (non-hydrogen) atoms. The third-order valence-corrected chi connectivity index (χ3v) is 9.35. The largest absolute Gasteiger partial charge is 0.471 e. The number of halogens is 2. The lowest BCUT2D eigenvalue weighted by Crippen LogP contribution is -2.36. The highest BCUT2D eigenvalue weighted by molar-refractivity contribution is 5.87. The molecule has 2 aliphatic heterocycles. The number of aromatic nitrogens is 3. The molecule has 1 saturated carbocycles. The first kappa shape index (κ1) is 27.8. The molecule has 4 heterocycles. The number of ether oxygens (including phenoxy) is 2. The molecule has 2 N–H and O–H groups in total. The third kappa shape index (κ3) is 5.22. The van der Waals surface area contributed by atoms with Crippen molar-refractivity contribution >= 4 is 28.8 Å². The minimum absolute atomic E-state index is 0.0665. The number of fused-ring (bicyclic) bond motifs is 1. The van der Waals surface area contributed by atoms with E-state index in [4.69, 9.17) is 20.2 Å². The van der Waals surface area contributed by atoms with Crippen LogP contribution in [0.3, 0.4) is 0 Å². The molecule has 0 amide bonds. The van der Waals surface area contributed by atoms with Gasteiger partial charge < -0.3 is 24.7 Å². The van der Waals surface area contributed by atoms with Gasteiger partial charge in [-0.1, -0.05) is 12.1 Å². The third-order valence-electron chi connectivity index (χ3n) is 9.35. The van der Waals surface area contributed by atoms with E-state index in [1.807, 2.05) is 11.0 Å². The van der Waals surface area contributed by atoms with Crippen molar-refractivity contribution in [2.24, 2.45) is 10.4 Å². The average molecular weight is 587 g/mol. The van der Waals surface area contributed by atoms with E-state index in [1.165, 1.54) is 11.1 Å². The number of aryl methyl sites for hydroxylation is 1. The van der Waals surface area contributed by atoms with Gasteiger partial charge in [-0.05, 0) is 73.4 Å². The van der Waals surface area contributed by atoms with Gasteiger partial charge in [-0.2, -0.15) is 4.98 Å². The first-order valence-corrected chi connectivity index (χ1v) is 15.0. The Morgan fingerprint density at radius 1 is 1.12 bits per heavy atom. The molecule has 8 nitrogen and oxygen atoms in total. The van der Waals surface area contributed by atoms with Crippen molar-refractivity contribution in [3.63, 3.8) is 0 Å². The average Bonchev–Trinajstić information content (AvgIpc) is 3.54. The van der Waals surface area contributed by atoms with Crippen molar-refractivity contribution in [2.45, 2.75) is 57.8 Å². The molecule has 2 aromatic heterocycles. The predicted molar refractivity (Wildman–Crippen MR) is 163 cm³/mol. The van der Waals surface area contributed by atoms with Crippen LogP contribution < -0.4 is 15.4 Å². The number of rotatable bonds is 8. The number of hydrogen-bond donors (Lipinski definition) is 1. The number of nitrogens with zero attached hydrogens (tertiary/aromatic N) is 5. The lowest BCUT2D eigenvalue weighted by Gasteiger charge is -2.34. The first-order valence-electron chi connectivity index (χ1n) is 15.0. The quantitative estimate of drug-likeness (QED) is 0.208. The zero-order chi connectivity index (χ0) is 29.7. The molecule has 10 heteroatoms. The molecule has 2 aromatic carbocycles. The van der Waals surface area contributed by atoms with E-state index >= 15 is 4.39 Å². The zero-order valence-corrected chi connectivity index (χ0v) is 24.5. The van der Waals surface area contributed by atoms with E-state index in [9.17, 15) is 4.39 Å². The molecule has 1 aliphatic carbocycles. The van der Waals surface area contributed by atoms with Gasteiger partial charge in [0.2, 0.25) is 0 Å². The Hall–Kier alpha value is -4.05.